The lowest BCUT2D eigenvalue weighted by Crippen LogP contribution is -2.38. The molecule has 0 amide bonds. The molecule has 2 aromatic rings. The lowest BCUT2D eigenvalue weighted by Gasteiger charge is -2.42. The molecule has 1 heterocycles. The Kier molecular flexibility index (Phi) is 4.70. The lowest BCUT2D eigenvalue weighted by atomic mass is 9.62. The first-order chi connectivity index (χ1) is 12.5. The molecule has 0 bridgehead atoms. The van der Waals surface area contributed by atoms with E-state index in [2.05, 4.69) is 39.9 Å². The SMILES string of the molecule is CC1C=C(C2(c3nnc(-c4ccccc4Cl)n3C)CCC2)C=CC(Cl)C1. The minimum Gasteiger partial charge on any atom is -0.313 e. The van der Waals surface area contributed by atoms with Crippen molar-refractivity contribution in [2.75, 3.05) is 0 Å². The van der Waals surface area contributed by atoms with Crippen molar-refractivity contribution in [3.05, 3.63) is 58.9 Å². The van der Waals surface area contributed by atoms with Gasteiger partial charge in [-0.3, -0.25) is 0 Å². The third kappa shape index (κ3) is 2.91. The molecule has 136 valence electrons. The summed E-state index contributed by atoms with van der Waals surface area (Å²) in [6, 6.07) is 7.80. The Labute approximate surface area is 164 Å². The topological polar surface area (TPSA) is 30.7 Å². The van der Waals surface area contributed by atoms with Crippen molar-refractivity contribution in [1.29, 1.82) is 0 Å². The van der Waals surface area contributed by atoms with Gasteiger partial charge in [-0.15, -0.1) is 21.8 Å². The molecule has 0 radical (unpaired) electrons. The smallest absolute Gasteiger partial charge is 0.165 e. The molecule has 2 aliphatic rings. The molecule has 1 saturated carbocycles. The van der Waals surface area contributed by atoms with E-state index >= 15 is 0 Å². The Balaban J connectivity index is 1.79. The summed E-state index contributed by atoms with van der Waals surface area (Å²) < 4.78 is 2.11. The number of nitrogens with zero attached hydrogens (tertiary/aromatic N) is 3. The van der Waals surface area contributed by atoms with Crippen LogP contribution in [0.15, 0.2) is 48.1 Å². The number of aromatic nitrogens is 3. The van der Waals surface area contributed by atoms with Crippen LogP contribution in [0.2, 0.25) is 5.02 Å². The molecule has 2 unspecified atom stereocenters. The van der Waals surface area contributed by atoms with Gasteiger partial charge in [0.05, 0.1) is 15.8 Å². The van der Waals surface area contributed by atoms with Crippen LogP contribution in [0.3, 0.4) is 0 Å². The average molecular weight is 388 g/mol. The molecule has 2 aliphatic carbocycles. The molecule has 2 atom stereocenters. The van der Waals surface area contributed by atoms with E-state index in [-0.39, 0.29) is 10.8 Å². The first-order valence-electron chi connectivity index (χ1n) is 9.20. The second kappa shape index (κ2) is 6.86. The first kappa shape index (κ1) is 17.8. The zero-order valence-electron chi connectivity index (χ0n) is 15.1. The number of alkyl halides is 1. The summed E-state index contributed by atoms with van der Waals surface area (Å²) in [6.07, 6.45) is 11.1. The van der Waals surface area contributed by atoms with Crippen molar-refractivity contribution in [3.8, 4) is 11.4 Å². The summed E-state index contributed by atoms with van der Waals surface area (Å²) >= 11 is 12.8. The second-order valence-corrected chi connectivity index (χ2v) is 8.50. The summed E-state index contributed by atoms with van der Waals surface area (Å²) in [7, 11) is 2.04. The van der Waals surface area contributed by atoms with Gasteiger partial charge in [-0.2, -0.15) is 0 Å². The van der Waals surface area contributed by atoms with E-state index in [0.29, 0.717) is 10.9 Å². The van der Waals surface area contributed by atoms with Crippen LogP contribution < -0.4 is 0 Å². The molecule has 5 heteroatoms. The fraction of sp³-hybridized carbons (Fsp3) is 0.429. The molecule has 3 nitrogen and oxygen atoms in total. The molecule has 1 fully saturated rings. The normalized spacial score (nSPS) is 24.7. The van der Waals surface area contributed by atoms with Crippen molar-refractivity contribution in [1.82, 2.24) is 14.8 Å². The van der Waals surface area contributed by atoms with E-state index in [0.717, 1.165) is 36.5 Å². The van der Waals surface area contributed by atoms with Crippen LogP contribution in [0, 0.1) is 5.92 Å². The number of hydrogen-bond donors (Lipinski definition) is 0. The van der Waals surface area contributed by atoms with Crippen molar-refractivity contribution in [2.24, 2.45) is 13.0 Å². The largest absolute Gasteiger partial charge is 0.313 e. The summed E-state index contributed by atoms with van der Waals surface area (Å²) in [5.74, 6) is 2.30. The first-order valence-corrected chi connectivity index (χ1v) is 10.0. The van der Waals surface area contributed by atoms with E-state index in [1.54, 1.807) is 0 Å². The van der Waals surface area contributed by atoms with Crippen LogP contribution in [-0.2, 0) is 12.5 Å². The fourth-order valence-corrected chi connectivity index (χ4v) is 4.76. The average Bonchev–Trinajstić information content (AvgIpc) is 2.84. The number of rotatable bonds is 3. The van der Waals surface area contributed by atoms with E-state index in [1.165, 1.54) is 12.0 Å². The summed E-state index contributed by atoms with van der Waals surface area (Å²) in [5, 5.41) is 9.91. The third-order valence-corrected chi connectivity index (χ3v) is 6.38. The number of allylic oxidation sites excluding steroid dienone is 4. The fourth-order valence-electron chi connectivity index (χ4n) is 4.19. The highest BCUT2D eigenvalue weighted by atomic mass is 35.5. The second-order valence-electron chi connectivity index (χ2n) is 7.53. The van der Waals surface area contributed by atoms with Gasteiger partial charge in [-0.05, 0) is 42.9 Å². The van der Waals surface area contributed by atoms with Crippen LogP contribution in [0.4, 0.5) is 0 Å². The molecule has 0 saturated heterocycles. The quantitative estimate of drug-likeness (QED) is 0.633. The van der Waals surface area contributed by atoms with Gasteiger partial charge >= 0.3 is 0 Å². The Morgan fingerprint density at radius 3 is 2.65 bits per heavy atom. The van der Waals surface area contributed by atoms with E-state index in [9.17, 15) is 0 Å². The number of halogens is 2. The van der Waals surface area contributed by atoms with Gasteiger partial charge in [0.2, 0.25) is 0 Å². The van der Waals surface area contributed by atoms with E-state index < -0.39 is 0 Å². The minimum absolute atomic E-state index is 0.0625. The van der Waals surface area contributed by atoms with Crippen molar-refractivity contribution in [2.45, 2.75) is 43.4 Å². The highest BCUT2D eigenvalue weighted by Gasteiger charge is 2.45. The Morgan fingerprint density at radius 1 is 1.19 bits per heavy atom. The molecule has 1 aromatic carbocycles. The highest BCUT2D eigenvalue weighted by molar-refractivity contribution is 6.33. The van der Waals surface area contributed by atoms with E-state index in [4.69, 9.17) is 23.2 Å². The summed E-state index contributed by atoms with van der Waals surface area (Å²) in [6.45, 7) is 2.24. The molecule has 0 spiro atoms. The lowest BCUT2D eigenvalue weighted by molar-refractivity contribution is 0.276. The zero-order chi connectivity index (χ0) is 18.3. The predicted molar refractivity (Wildman–Crippen MR) is 108 cm³/mol. The Hall–Kier alpha value is -1.58. The minimum atomic E-state index is -0.0625. The molecule has 0 N–H and O–H groups in total. The van der Waals surface area contributed by atoms with Gasteiger partial charge in [0.1, 0.15) is 5.82 Å². The summed E-state index contributed by atoms with van der Waals surface area (Å²) in [4.78, 5) is 0. The van der Waals surface area contributed by atoms with Crippen LogP contribution >= 0.6 is 23.2 Å². The van der Waals surface area contributed by atoms with Gasteiger partial charge in [-0.25, -0.2) is 0 Å². The Bertz CT molecular complexity index is 877. The number of hydrogen-bond acceptors (Lipinski definition) is 2. The van der Waals surface area contributed by atoms with Gasteiger partial charge in [0.15, 0.2) is 5.82 Å². The maximum absolute atomic E-state index is 6.40. The van der Waals surface area contributed by atoms with Crippen LogP contribution in [0.1, 0.15) is 38.4 Å². The monoisotopic (exact) mass is 387 g/mol. The molecular weight excluding hydrogens is 365 g/mol. The van der Waals surface area contributed by atoms with Gasteiger partial charge < -0.3 is 4.57 Å². The van der Waals surface area contributed by atoms with Gasteiger partial charge in [-0.1, -0.05) is 55.3 Å². The van der Waals surface area contributed by atoms with Crippen molar-refractivity contribution in [3.63, 3.8) is 0 Å². The van der Waals surface area contributed by atoms with E-state index in [1.807, 2.05) is 31.3 Å². The van der Waals surface area contributed by atoms with Crippen molar-refractivity contribution < 1.29 is 0 Å². The van der Waals surface area contributed by atoms with Crippen LogP contribution in [0.5, 0.6) is 0 Å². The molecular formula is C21H23Cl2N3. The Morgan fingerprint density at radius 2 is 1.96 bits per heavy atom. The maximum atomic E-state index is 6.40. The molecule has 1 aromatic heterocycles. The van der Waals surface area contributed by atoms with Crippen LogP contribution in [0.25, 0.3) is 11.4 Å². The highest BCUT2D eigenvalue weighted by Crippen LogP contribution is 2.50. The summed E-state index contributed by atoms with van der Waals surface area (Å²) in [5.41, 5.74) is 2.19. The predicted octanol–water partition coefficient (Wildman–Crippen LogP) is 5.69. The maximum Gasteiger partial charge on any atom is 0.165 e. The molecule has 0 aliphatic heterocycles. The van der Waals surface area contributed by atoms with Gasteiger partial charge in [0.25, 0.3) is 0 Å². The number of benzene rings is 1. The molecule has 26 heavy (non-hydrogen) atoms. The van der Waals surface area contributed by atoms with Gasteiger partial charge in [0, 0.05) is 12.6 Å². The zero-order valence-corrected chi connectivity index (χ0v) is 16.6. The third-order valence-electron chi connectivity index (χ3n) is 5.72. The standard InChI is InChI=1S/C21H23Cl2N3/c1-14-12-15(8-9-16(22)13-14)21(10-5-11-21)20-25-24-19(26(20)2)17-6-3-4-7-18(17)23/h3-4,6-9,12,14,16H,5,10-11,13H2,1-2H3. The van der Waals surface area contributed by atoms with Crippen LogP contribution in [-0.4, -0.2) is 20.1 Å². The van der Waals surface area contributed by atoms with Crippen molar-refractivity contribution >= 4 is 23.2 Å². The molecule has 4 rings (SSSR count).